The summed E-state index contributed by atoms with van der Waals surface area (Å²) in [6.45, 7) is 4.06. The van der Waals surface area contributed by atoms with Crippen LogP contribution in [0.3, 0.4) is 0 Å². The van der Waals surface area contributed by atoms with Gasteiger partial charge in [-0.3, -0.25) is 0 Å². The zero-order chi connectivity index (χ0) is 15.1. The van der Waals surface area contributed by atoms with Crippen LogP contribution >= 0.6 is 0 Å². The summed E-state index contributed by atoms with van der Waals surface area (Å²) < 4.78 is 10.9. The Morgan fingerprint density at radius 3 is 2.33 bits per heavy atom. The highest BCUT2D eigenvalue weighted by molar-refractivity contribution is 5.76. The maximum Gasteiger partial charge on any atom is 0.347 e. The van der Waals surface area contributed by atoms with Crippen molar-refractivity contribution in [1.29, 1.82) is 0 Å². The second kappa shape index (κ2) is 7.48. The first-order chi connectivity index (χ1) is 10.3. The summed E-state index contributed by atoms with van der Waals surface area (Å²) in [5.74, 6) is 0.381. The van der Waals surface area contributed by atoms with E-state index in [1.165, 1.54) is 0 Å². The number of carbonyl (C=O) groups is 1. The average Bonchev–Trinajstić information content (AvgIpc) is 2.54. The molecule has 0 aromatic heterocycles. The number of rotatable bonds is 6. The molecule has 0 aliphatic heterocycles. The number of benzene rings is 2. The van der Waals surface area contributed by atoms with Gasteiger partial charge in [-0.1, -0.05) is 55.5 Å². The maximum atomic E-state index is 11.9. The van der Waals surface area contributed by atoms with Gasteiger partial charge in [0, 0.05) is 5.56 Å². The summed E-state index contributed by atoms with van der Waals surface area (Å²) >= 11 is 0. The second-order valence-corrected chi connectivity index (χ2v) is 4.63. The molecule has 1 unspecified atom stereocenters. The molecular weight excluding hydrogens is 264 g/mol. The molecule has 0 bridgehead atoms. The van der Waals surface area contributed by atoms with E-state index in [-0.39, 0.29) is 5.97 Å². The van der Waals surface area contributed by atoms with Gasteiger partial charge in [-0.15, -0.1) is 0 Å². The number of carbonyl (C=O) groups excluding carboxylic acids is 1. The summed E-state index contributed by atoms with van der Waals surface area (Å²) in [6.07, 6.45) is -0.00286. The van der Waals surface area contributed by atoms with Gasteiger partial charge < -0.3 is 9.47 Å². The highest BCUT2D eigenvalue weighted by atomic mass is 16.6. The fourth-order valence-corrected chi connectivity index (χ4v) is 2.11. The molecular formula is C18H20O3. The molecule has 0 heterocycles. The Balaban J connectivity index is 2.26. The predicted molar refractivity (Wildman–Crippen MR) is 83.2 cm³/mol. The summed E-state index contributed by atoms with van der Waals surface area (Å²) in [6, 6.07) is 17.7. The van der Waals surface area contributed by atoms with Crippen molar-refractivity contribution in [3.63, 3.8) is 0 Å². The van der Waals surface area contributed by atoms with Crippen LogP contribution in [0.15, 0.2) is 54.6 Å². The van der Waals surface area contributed by atoms with Crippen molar-refractivity contribution >= 4 is 5.97 Å². The van der Waals surface area contributed by atoms with Crippen LogP contribution in [-0.4, -0.2) is 18.7 Å². The maximum absolute atomic E-state index is 11.9. The van der Waals surface area contributed by atoms with Crippen LogP contribution in [0.1, 0.15) is 20.3 Å². The largest absolute Gasteiger partial charge is 0.478 e. The highest BCUT2D eigenvalue weighted by Crippen LogP contribution is 2.30. The first kappa shape index (κ1) is 15.1. The number of esters is 1. The standard InChI is InChI=1S/C18H20O3/c1-3-16(18(19)20-4-2)21-17-13-9-8-12-15(17)14-10-6-5-7-11-14/h5-13,16H,3-4H2,1-2H3. The van der Waals surface area contributed by atoms with Gasteiger partial charge in [-0.05, 0) is 25.0 Å². The fourth-order valence-electron chi connectivity index (χ4n) is 2.11. The number of hydrogen-bond donors (Lipinski definition) is 0. The summed E-state index contributed by atoms with van der Waals surface area (Å²) in [5.41, 5.74) is 2.03. The lowest BCUT2D eigenvalue weighted by Crippen LogP contribution is -2.28. The topological polar surface area (TPSA) is 35.5 Å². The predicted octanol–water partition coefficient (Wildman–Crippen LogP) is 4.07. The highest BCUT2D eigenvalue weighted by Gasteiger charge is 2.20. The Morgan fingerprint density at radius 1 is 1.00 bits per heavy atom. The molecule has 0 radical (unpaired) electrons. The third kappa shape index (κ3) is 3.85. The smallest absolute Gasteiger partial charge is 0.347 e. The Bertz CT molecular complexity index is 578. The van der Waals surface area contributed by atoms with Gasteiger partial charge >= 0.3 is 5.97 Å². The Kier molecular flexibility index (Phi) is 5.38. The third-order valence-corrected chi connectivity index (χ3v) is 3.16. The Hall–Kier alpha value is -2.29. The molecule has 0 fully saturated rings. The van der Waals surface area contributed by atoms with E-state index < -0.39 is 6.10 Å². The molecule has 0 saturated carbocycles. The summed E-state index contributed by atoms with van der Waals surface area (Å²) in [4.78, 5) is 11.9. The van der Waals surface area contributed by atoms with E-state index in [1.54, 1.807) is 6.92 Å². The van der Waals surface area contributed by atoms with E-state index >= 15 is 0 Å². The van der Waals surface area contributed by atoms with E-state index in [1.807, 2.05) is 61.5 Å². The summed E-state index contributed by atoms with van der Waals surface area (Å²) in [5, 5.41) is 0. The quantitative estimate of drug-likeness (QED) is 0.750. The lowest BCUT2D eigenvalue weighted by atomic mass is 10.0. The van der Waals surface area contributed by atoms with Gasteiger partial charge in [-0.25, -0.2) is 4.79 Å². The van der Waals surface area contributed by atoms with Gasteiger partial charge in [-0.2, -0.15) is 0 Å². The van der Waals surface area contributed by atoms with Gasteiger partial charge in [0.05, 0.1) is 6.61 Å². The third-order valence-electron chi connectivity index (χ3n) is 3.16. The van der Waals surface area contributed by atoms with E-state index in [0.717, 1.165) is 11.1 Å². The lowest BCUT2D eigenvalue weighted by Gasteiger charge is -2.18. The molecule has 0 saturated heterocycles. The number of para-hydroxylation sites is 1. The molecule has 2 aromatic carbocycles. The molecule has 0 N–H and O–H groups in total. The van der Waals surface area contributed by atoms with Crippen molar-refractivity contribution in [2.75, 3.05) is 6.61 Å². The monoisotopic (exact) mass is 284 g/mol. The van der Waals surface area contributed by atoms with Gasteiger partial charge in [0.1, 0.15) is 5.75 Å². The molecule has 2 aromatic rings. The second-order valence-electron chi connectivity index (χ2n) is 4.63. The SMILES string of the molecule is CCOC(=O)C(CC)Oc1ccccc1-c1ccccc1. The van der Waals surface area contributed by atoms with Crippen LogP contribution in [0.5, 0.6) is 5.75 Å². The lowest BCUT2D eigenvalue weighted by molar-refractivity contribution is -0.151. The van der Waals surface area contributed by atoms with Crippen molar-refractivity contribution in [3.05, 3.63) is 54.6 Å². The molecule has 1 atom stereocenters. The molecule has 2 rings (SSSR count). The normalized spacial score (nSPS) is 11.7. The molecule has 0 aliphatic carbocycles. The summed E-state index contributed by atoms with van der Waals surface area (Å²) in [7, 11) is 0. The number of ether oxygens (including phenoxy) is 2. The van der Waals surface area contributed by atoms with Crippen LogP contribution in [0.25, 0.3) is 11.1 Å². The van der Waals surface area contributed by atoms with E-state index in [2.05, 4.69) is 0 Å². The van der Waals surface area contributed by atoms with Crippen molar-refractivity contribution in [2.24, 2.45) is 0 Å². The fraction of sp³-hybridized carbons (Fsp3) is 0.278. The molecule has 0 spiro atoms. The Morgan fingerprint density at radius 2 is 1.67 bits per heavy atom. The minimum absolute atomic E-state index is 0.317. The molecule has 0 amide bonds. The van der Waals surface area contributed by atoms with Crippen molar-refractivity contribution in [3.8, 4) is 16.9 Å². The Labute approximate surface area is 125 Å². The van der Waals surface area contributed by atoms with Crippen LogP contribution in [0.4, 0.5) is 0 Å². The zero-order valence-corrected chi connectivity index (χ0v) is 12.4. The van der Waals surface area contributed by atoms with Crippen LogP contribution in [0.2, 0.25) is 0 Å². The average molecular weight is 284 g/mol. The van der Waals surface area contributed by atoms with Crippen molar-refractivity contribution < 1.29 is 14.3 Å². The molecule has 21 heavy (non-hydrogen) atoms. The van der Waals surface area contributed by atoms with Crippen molar-refractivity contribution in [2.45, 2.75) is 26.4 Å². The minimum atomic E-state index is -0.574. The van der Waals surface area contributed by atoms with Gasteiger partial charge in [0.25, 0.3) is 0 Å². The van der Waals surface area contributed by atoms with E-state index in [0.29, 0.717) is 18.8 Å². The minimum Gasteiger partial charge on any atom is -0.478 e. The van der Waals surface area contributed by atoms with E-state index in [4.69, 9.17) is 9.47 Å². The first-order valence-corrected chi connectivity index (χ1v) is 7.24. The molecule has 3 nitrogen and oxygen atoms in total. The molecule has 0 aliphatic rings. The number of hydrogen-bond acceptors (Lipinski definition) is 3. The zero-order valence-electron chi connectivity index (χ0n) is 12.4. The first-order valence-electron chi connectivity index (χ1n) is 7.24. The molecule has 110 valence electrons. The van der Waals surface area contributed by atoms with Crippen molar-refractivity contribution in [1.82, 2.24) is 0 Å². The van der Waals surface area contributed by atoms with E-state index in [9.17, 15) is 4.79 Å². The van der Waals surface area contributed by atoms with Crippen LogP contribution < -0.4 is 4.74 Å². The van der Waals surface area contributed by atoms with Gasteiger partial charge in [0.2, 0.25) is 0 Å². The molecule has 3 heteroatoms. The van der Waals surface area contributed by atoms with Crippen LogP contribution in [-0.2, 0) is 9.53 Å². The van der Waals surface area contributed by atoms with Crippen LogP contribution in [0, 0.1) is 0 Å². The van der Waals surface area contributed by atoms with Gasteiger partial charge in [0.15, 0.2) is 6.10 Å².